The third-order valence-corrected chi connectivity index (χ3v) is 3.45. The fraction of sp³-hybridized carbons (Fsp3) is 0.375. The molecule has 0 atom stereocenters. The van der Waals surface area contributed by atoms with E-state index in [9.17, 15) is 0 Å². The summed E-state index contributed by atoms with van der Waals surface area (Å²) in [6.45, 7) is 7.13. The van der Waals surface area contributed by atoms with Crippen molar-refractivity contribution in [3.05, 3.63) is 41.7 Å². The number of nitrogens with zero attached hydrogens (tertiary/aromatic N) is 3. The lowest BCUT2D eigenvalue weighted by atomic mass is 10.1. The molecule has 0 aliphatic heterocycles. The zero-order valence-corrected chi connectivity index (χ0v) is 12.6. The Labute approximate surface area is 120 Å². The molecule has 2 rings (SSSR count). The number of hydrogen-bond acceptors (Lipinski definition) is 4. The predicted octanol–water partition coefficient (Wildman–Crippen LogP) is 3.55. The Hall–Kier alpha value is -2.10. The number of nitrogens with one attached hydrogen (secondary N) is 1. The van der Waals surface area contributed by atoms with E-state index in [0.29, 0.717) is 0 Å². The molecule has 0 unspecified atom stereocenters. The fourth-order valence-electron chi connectivity index (χ4n) is 2.20. The second kappa shape index (κ2) is 6.37. The van der Waals surface area contributed by atoms with Gasteiger partial charge in [0, 0.05) is 24.8 Å². The van der Waals surface area contributed by atoms with Crippen molar-refractivity contribution >= 4 is 17.3 Å². The molecule has 0 amide bonds. The first kappa shape index (κ1) is 14.3. The van der Waals surface area contributed by atoms with Gasteiger partial charge in [0.25, 0.3) is 0 Å². The van der Waals surface area contributed by atoms with Gasteiger partial charge in [0.2, 0.25) is 0 Å². The third-order valence-electron chi connectivity index (χ3n) is 3.45. The number of hydrogen-bond donors (Lipinski definition) is 1. The van der Waals surface area contributed by atoms with Crippen LogP contribution in [0.2, 0.25) is 0 Å². The van der Waals surface area contributed by atoms with Crippen molar-refractivity contribution in [1.29, 1.82) is 0 Å². The largest absolute Gasteiger partial charge is 0.370 e. The first-order chi connectivity index (χ1) is 9.67. The van der Waals surface area contributed by atoms with Crippen LogP contribution in [0.15, 0.2) is 30.6 Å². The second-order valence-corrected chi connectivity index (χ2v) is 4.78. The van der Waals surface area contributed by atoms with Crippen molar-refractivity contribution in [2.75, 3.05) is 23.8 Å². The van der Waals surface area contributed by atoms with Crippen molar-refractivity contribution in [2.45, 2.75) is 27.2 Å². The molecule has 0 radical (unpaired) electrons. The summed E-state index contributed by atoms with van der Waals surface area (Å²) in [6, 6.07) is 8.59. The minimum atomic E-state index is 0.853. The molecule has 0 aliphatic rings. The molecule has 2 aromatic rings. The molecule has 1 heterocycles. The summed E-state index contributed by atoms with van der Waals surface area (Å²) in [7, 11) is 2.03. The second-order valence-electron chi connectivity index (χ2n) is 4.78. The number of benzene rings is 1. The van der Waals surface area contributed by atoms with Crippen LogP contribution in [0.25, 0.3) is 0 Å². The van der Waals surface area contributed by atoms with Gasteiger partial charge >= 0.3 is 0 Å². The van der Waals surface area contributed by atoms with Gasteiger partial charge in [-0.2, -0.15) is 0 Å². The van der Waals surface area contributed by atoms with Gasteiger partial charge in [-0.3, -0.25) is 0 Å². The van der Waals surface area contributed by atoms with Crippen LogP contribution in [0.5, 0.6) is 0 Å². The molecule has 1 N–H and O–H groups in total. The lowest BCUT2D eigenvalue weighted by molar-refractivity contribution is 1.03. The standard InChI is InChI=1S/C16H22N4/c1-5-13-7-9-14(10-8-13)20(4)16-12(3)15(17-6-2)18-11-19-16/h7-11H,5-6H2,1-4H3,(H,17,18,19). The van der Waals surface area contributed by atoms with Gasteiger partial charge < -0.3 is 10.2 Å². The van der Waals surface area contributed by atoms with Crippen LogP contribution < -0.4 is 10.2 Å². The van der Waals surface area contributed by atoms with Crippen molar-refractivity contribution in [1.82, 2.24) is 9.97 Å². The minimum absolute atomic E-state index is 0.853. The lowest BCUT2D eigenvalue weighted by Gasteiger charge is -2.21. The molecule has 4 heteroatoms. The Morgan fingerprint density at radius 2 is 1.80 bits per heavy atom. The summed E-state index contributed by atoms with van der Waals surface area (Å²) >= 11 is 0. The molecule has 0 aliphatic carbocycles. The predicted molar refractivity (Wildman–Crippen MR) is 84.8 cm³/mol. The van der Waals surface area contributed by atoms with Crippen LogP contribution >= 0.6 is 0 Å². The van der Waals surface area contributed by atoms with E-state index in [1.807, 2.05) is 14.0 Å². The zero-order chi connectivity index (χ0) is 14.5. The molecular weight excluding hydrogens is 248 g/mol. The van der Waals surface area contributed by atoms with E-state index in [1.165, 1.54) is 5.56 Å². The normalized spacial score (nSPS) is 10.4. The quantitative estimate of drug-likeness (QED) is 0.902. The maximum Gasteiger partial charge on any atom is 0.141 e. The molecule has 20 heavy (non-hydrogen) atoms. The highest BCUT2D eigenvalue weighted by atomic mass is 15.2. The van der Waals surface area contributed by atoms with E-state index < -0.39 is 0 Å². The van der Waals surface area contributed by atoms with E-state index in [-0.39, 0.29) is 0 Å². The number of anilines is 3. The van der Waals surface area contributed by atoms with Crippen LogP contribution in [0.4, 0.5) is 17.3 Å². The maximum atomic E-state index is 4.41. The number of aromatic nitrogens is 2. The monoisotopic (exact) mass is 270 g/mol. The summed E-state index contributed by atoms with van der Waals surface area (Å²) in [4.78, 5) is 10.8. The molecule has 0 saturated heterocycles. The number of rotatable bonds is 5. The highest BCUT2D eigenvalue weighted by Crippen LogP contribution is 2.27. The fourth-order valence-corrected chi connectivity index (χ4v) is 2.20. The summed E-state index contributed by atoms with van der Waals surface area (Å²) in [5, 5.41) is 3.26. The highest BCUT2D eigenvalue weighted by Gasteiger charge is 2.12. The van der Waals surface area contributed by atoms with Gasteiger partial charge in [0.15, 0.2) is 0 Å². The molecular formula is C16H22N4. The van der Waals surface area contributed by atoms with E-state index in [1.54, 1.807) is 6.33 Å². The van der Waals surface area contributed by atoms with Crippen LogP contribution in [0, 0.1) is 6.92 Å². The van der Waals surface area contributed by atoms with E-state index in [4.69, 9.17) is 0 Å². The molecule has 4 nitrogen and oxygen atoms in total. The Bertz CT molecular complexity index is 563. The molecule has 0 bridgehead atoms. The topological polar surface area (TPSA) is 41.1 Å². The Morgan fingerprint density at radius 1 is 1.10 bits per heavy atom. The lowest BCUT2D eigenvalue weighted by Crippen LogP contribution is -2.14. The Kier molecular flexibility index (Phi) is 4.56. The van der Waals surface area contributed by atoms with Crippen molar-refractivity contribution in [3.63, 3.8) is 0 Å². The molecule has 0 saturated carbocycles. The van der Waals surface area contributed by atoms with E-state index >= 15 is 0 Å². The van der Waals surface area contributed by atoms with Crippen LogP contribution in [-0.2, 0) is 6.42 Å². The summed E-state index contributed by atoms with van der Waals surface area (Å²) in [5.74, 6) is 1.83. The number of aryl methyl sites for hydroxylation is 1. The van der Waals surface area contributed by atoms with Gasteiger partial charge in [-0.1, -0.05) is 19.1 Å². The van der Waals surface area contributed by atoms with E-state index in [2.05, 4.69) is 58.3 Å². The smallest absolute Gasteiger partial charge is 0.141 e. The first-order valence-corrected chi connectivity index (χ1v) is 7.05. The van der Waals surface area contributed by atoms with Crippen molar-refractivity contribution in [3.8, 4) is 0 Å². The molecule has 106 valence electrons. The minimum Gasteiger partial charge on any atom is -0.370 e. The zero-order valence-electron chi connectivity index (χ0n) is 12.6. The summed E-state index contributed by atoms with van der Waals surface area (Å²) in [5.41, 5.74) is 3.54. The molecule has 1 aromatic heterocycles. The van der Waals surface area contributed by atoms with Crippen LogP contribution in [0.3, 0.4) is 0 Å². The van der Waals surface area contributed by atoms with Crippen LogP contribution in [-0.4, -0.2) is 23.6 Å². The average molecular weight is 270 g/mol. The average Bonchev–Trinajstić information content (AvgIpc) is 2.49. The van der Waals surface area contributed by atoms with Crippen molar-refractivity contribution in [2.24, 2.45) is 0 Å². The van der Waals surface area contributed by atoms with Gasteiger partial charge in [-0.25, -0.2) is 9.97 Å². The van der Waals surface area contributed by atoms with Crippen LogP contribution in [0.1, 0.15) is 25.0 Å². The van der Waals surface area contributed by atoms with E-state index in [0.717, 1.165) is 35.9 Å². The third kappa shape index (κ3) is 2.90. The first-order valence-electron chi connectivity index (χ1n) is 7.05. The van der Waals surface area contributed by atoms with Crippen molar-refractivity contribution < 1.29 is 0 Å². The van der Waals surface area contributed by atoms with Gasteiger partial charge in [0.1, 0.15) is 18.0 Å². The van der Waals surface area contributed by atoms with Gasteiger partial charge in [-0.15, -0.1) is 0 Å². The Balaban J connectivity index is 2.32. The Morgan fingerprint density at radius 3 is 2.40 bits per heavy atom. The molecule has 0 fully saturated rings. The van der Waals surface area contributed by atoms with Gasteiger partial charge in [0.05, 0.1) is 0 Å². The molecule has 0 spiro atoms. The summed E-state index contributed by atoms with van der Waals surface area (Å²) < 4.78 is 0. The highest BCUT2D eigenvalue weighted by molar-refractivity contribution is 5.66. The maximum absolute atomic E-state index is 4.41. The SMILES string of the molecule is CCNc1ncnc(N(C)c2ccc(CC)cc2)c1C. The van der Waals surface area contributed by atoms with Gasteiger partial charge in [-0.05, 0) is 38.0 Å². The summed E-state index contributed by atoms with van der Waals surface area (Å²) in [6.07, 6.45) is 2.67. The molecule has 1 aromatic carbocycles.